The molecule has 0 saturated carbocycles. The van der Waals surface area contributed by atoms with Gasteiger partial charge in [-0.05, 0) is 24.8 Å². The van der Waals surface area contributed by atoms with Gasteiger partial charge in [-0.25, -0.2) is 9.20 Å². The standard InChI is InChI=1S/C11H14N4O2/c16-11-10-1-4-12-15(10)8-13-14(11)7-9-2-5-17-6-3-9/h1,4,8-9H,2-3,5-7H2. The Balaban J connectivity index is 1.89. The Morgan fingerprint density at radius 1 is 1.35 bits per heavy atom. The van der Waals surface area contributed by atoms with Crippen molar-refractivity contribution in [3.8, 4) is 0 Å². The lowest BCUT2D eigenvalue weighted by Crippen LogP contribution is -2.30. The molecule has 0 unspecified atom stereocenters. The van der Waals surface area contributed by atoms with Crippen molar-refractivity contribution in [3.63, 3.8) is 0 Å². The minimum Gasteiger partial charge on any atom is -0.381 e. The van der Waals surface area contributed by atoms with Crippen LogP contribution in [0, 0.1) is 5.92 Å². The van der Waals surface area contributed by atoms with Gasteiger partial charge >= 0.3 is 0 Å². The van der Waals surface area contributed by atoms with Gasteiger partial charge in [-0.1, -0.05) is 0 Å². The first-order valence-corrected chi connectivity index (χ1v) is 5.82. The fourth-order valence-corrected chi connectivity index (χ4v) is 2.18. The number of hydrogen-bond acceptors (Lipinski definition) is 4. The first kappa shape index (κ1) is 10.5. The molecular formula is C11H14N4O2. The highest BCUT2D eigenvalue weighted by molar-refractivity contribution is 5.41. The lowest BCUT2D eigenvalue weighted by Gasteiger charge is -2.21. The van der Waals surface area contributed by atoms with Gasteiger partial charge in [0.2, 0.25) is 0 Å². The summed E-state index contributed by atoms with van der Waals surface area (Å²) in [6.45, 7) is 2.24. The molecule has 2 aromatic heterocycles. The van der Waals surface area contributed by atoms with Gasteiger partial charge in [0.15, 0.2) is 0 Å². The molecule has 0 aromatic carbocycles. The number of aromatic nitrogens is 4. The summed E-state index contributed by atoms with van der Waals surface area (Å²) in [4.78, 5) is 12.1. The van der Waals surface area contributed by atoms with E-state index in [-0.39, 0.29) is 5.56 Å². The number of nitrogens with zero attached hydrogens (tertiary/aromatic N) is 4. The van der Waals surface area contributed by atoms with Crippen LogP contribution in [0.1, 0.15) is 12.8 Å². The summed E-state index contributed by atoms with van der Waals surface area (Å²) in [5.74, 6) is 0.485. The van der Waals surface area contributed by atoms with Gasteiger partial charge in [0.25, 0.3) is 5.56 Å². The molecule has 3 heterocycles. The Morgan fingerprint density at radius 2 is 2.18 bits per heavy atom. The smallest absolute Gasteiger partial charge is 0.292 e. The third kappa shape index (κ3) is 1.95. The van der Waals surface area contributed by atoms with Crippen LogP contribution in [0.25, 0.3) is 5.52 Å². The van der Waals surface area contributed by atoms with Gasteiger partial charge in [0.05, 0.1) is 6.20 Å². The normalized spacial score (nSPS) is 17.6. The molecule has 1 saturated heterocycles. The molecule has 0 bridgehead atoms. The SMILES string of the molecule is O=c1c2ccnn2cnn1CC1CCOCC1. The van der Waals surface area contributed by atoms with Crippen LogP contribution >= 0.6 is 0 Å². The third-order valence-electron chi connectivity index (χ3n) is 3.20. The highest BCUT2D eigenvalue weighted by Crippen LogP contribution is 2.15. The van der Waals surface area contributed by atoms with Gasteiger partial charge in [0.1, 0.15) is 11.8 Å². The minimum atomic E-state index is -0.0727. The molecule has 6 nitrogen and oxygen atoms in total. The molecule has 0 N–H and O–H groups in total. The van der Waals surface area contributed by atoms with E-state index in [1.165, 1.54) is 9.20 Å². The van der Waals surface area contributed by atoms with Crippen molar-refractivity contribution in [3.05, 3.63) is 28.9 Å². The summed E-state index contributed by atoms with van der Waals surface area (Å²) >= 11 is 0. The summed E-state index contributed by atoms with van der Waals surface area (Å²) < 4.78 is 8.34. The van der Waals surface area contributed by atoms with Crippen molar-refractivity contribution in [1.29, 1.82) is 0 Å². The second kappa shape index (κ2) is 4.29. The molecule has 6 heteroatoms. The molecule has 0 aliphatic carbocycles. The quantitative estimate of drug-likeness (QED) is 0.750. The van der Waals surface area contributed by atoms with E-state index < -0.39 is 0 Å². The van der Waals surface area contributed by atoms with E-state index >= 15 is 0 Å². The monoisotopic (exact) mass is 234 g/mol. The summed E-state index contributed by atoms with van der Waals surface area (Å²) in [7, 11) is 0. The van der Waals surface area contributed by atoms with E-state index in [9.17, 15) is 4.79 Å². The van der Waals surface area contributed by atoms with Crippen LogP contribution in [0.15, 0.2) is 23.4 Å². The third-order valence-corrected chi connectivity index (χ3v) is 3.20. The summed E-state index contributed by atoms with van der Waals surface area (Å²) in [5.41, 5.74) is 0.503. The highest BCUT2D eigenvalue weighted by atomic mass is 16.5. The Labute approximate surface area is 97.8 Å². The average Bonchev–Trinajstić information content (AvgIpc) is 2.83. The van der Waals surface area contributed by atoms with Crippen LogP contribution in [0.4, 0.5) is 0 Å². The molecule has 0 spiro atoms. The van der Waals surface area contributed by atoms with Crippen molar-refractivity contribution < 1.29 is 4.74 Å². The van der Waals surface area contributed by atoms with Crippen LogP contribution in [-0.2, 0) is 11.3 Å². The van der Waals surface area contributed by atoms with E-state index in [0.29, 0.717) is 18.0 Å². The maximum Gasteiger partial charge on any atom is 0.292 e. The Morgan fingerprint density at radius 3 is 3.00 bits per heavy atom. The predicted octanol–water partition coefficient (Wildman–Crippen LogP) is 0.318. The molecule has 1 aliphatic heterocycles. The van der Waals surface area contributed by atoms with Crippen LogP contribution in [0.2, 0.25) is 0 Å². The fourth-order valence-electron chi connectivity index (χ4n) is 2.18. The molecule has 90 valence electrons. The second-order valence-corrected chi connectivity index (χ2v) is 4.33. The zero-order valence-electron chi connectivity index (χ0n) is 9.45. The van der Waals surface area contributed by atoms with Crippen molar-refractivity contribution in [1.82, 2.24) is 19.4 Å². The number of rotatable bonds is 2. The van der Waals surface area contributed by atoms with Gasteiger partial charge in [-0.2, -0.15) is 10.2 Å². The van der Waals surface area contributed by atoms with E-state index in [2.05, 4.69) is 10.2 Å². The molecule has 3 rings (SSSR count). The minimum absolute atomic E-state index is 0.0727. The molecule has 1 fully saturated rings. The molecule has 1 aliphatic rings. The molecule has 0 atom stereocenters. The van der Waals surface area contributed by atoms with Crippen LogP contribution in [0.3, 0.4) is 0 Å². The molecule has 0 amide bonds. The first-order chi connectivity index (χ1) is 8.34. The van der Waals surface area contributed by atoms with Crippen molar-refractivity contribution in [2.75, 3.05) is 13.2 Å². The van der Waals surface area contributed by atoms with Crippen LogP contribution in [0.5, 0.6) is 0 Å². The number of fused-ring (bicyclic) bond motifs is 1. The molecular weight excluding hydrogens is 220 g/mol. The van der Waals surface area contributed by atoms with Crippen molar-refractivity contribution in [2.45, 2.75) is 19.4 Å². The molecule has 0 radical (unpaired) electrons. The number of hydrogen-bond donors (Lipinski definition) is 0. The summed E-state index contributed by atoms with van der Waals surface area (Å²) in [6, 6.07) is 1.71. The molecule has 2 aromatic rings. The predicted molar refractivity (Wildman–Crippen MR) is 60.8 cm³/mol. The average molecular weight is 234 g/mol. The van der Waals surface area contributed by atoms with E-state index in [1.807, 2.05) is 0 Å². The lowest BCUT2D eigenvalue weighted by molar-refractivity contribution is 0.0596. The largest absolute Gasteiger partial charge is 0.381 e. The van der Waals surface area contributed by atoms with Crippen LogP contribution in [-0.4, -0.2) is 32.6 Å². The zero-order valence-corrected chi connectivity index (χ0v) is 9.45. The highest BCUT2D eigenvalue weighted by Gasteiger charge is 2.16. The zero-order chi connectivity index (χ0) is 11.7. The second-order valence-electron chi connectivity index (χ2n) is 4.33. The van der Waals surface area contributed by atoms with E-state index in [0.717, 1.165) is 26.1 Å². The van der Waals surface area contributed by atoms with Gasteiger partial charge in [-0.3, -0.25) is 4.79 Å². The van der Waals surface area contributed by atoms with Gasteiger partial charge in [-0.15, -0.1) is 0 Å². The lowest BCUT2D eigenvalue weighted by atomic mass is 10.0. The van der Waals surface area contributed by atoms with Gasteiger partial charge < -0.3 is 4.74 Å². The topological polar surface area (TPSA) is 61.4 Å². The summed E-state index contributed by atoms with van der Waals surface area (Å²) in [6.07, 6.45) is 5.18. The summed E-state index contributed by atoms with van der Waals surface area (Å²) in [5, 5.41) is 8.12. The Bertz CT molecular complexity index is 568. The first-order valence-electron chi connectivity index (χ1n) is 5.82. The van der Waals surface area contributed by atoms with Gasteiger partial charge in [0, 0.05) is 19.8 Å². The number of ether oxygens (including phenoxy) is 1. The van der Waals surface area contributed by atoms with Crippen LogP contribution < -0.4 is 5.56 Å². The van der Waals surface area contributed by atoms with Crippen molar-refractivity contribution in [2.24, 2.45) is 5.92 Å². The van der Waals surface area contributed by atoms with E-state index in [4.69, 9.17) is 4.74 Å². The van der Waals surface area contributed by atoms with Crippen molar-refractivity contribution >= 4 is 5.52 Å². The fraction of sp³-hybridized carbons (Fsp3) is 0.545. The molecule has 17 heavy (non-hydrogen) atoms. The Hall–Kier alpha value is -1.69. The maximum atomic E-state index is 12.1. The maximum absolute atomic E-state index is 12.1. The van der Waals surface area contributed by atoms with E-state index in [1.54, 1.807) is 18.6 Å². The Kier molecular flexibility index (Phi) is 2.64.